The second-order valence-corrected chi connectivity index (χ2v) is 8.85. The summed E-state index contributed by atoms with van der Waals surface area (Å²) in [7, 11) is 0. The van der Waals surface area contributed by atoms with Crippen LogP contribution in [-0.2, 0) is 22.7 Å². The normalized spacial score (nSPS) is 22.3. The third-order valence-corrected chi connectivity index (χ3v) is 6.90. The van der Waals surface area contributed by atoms with Gasteiger partial charge in [-0.05, 0) is 37.7 Å². The highest BCUT2D eigenvalue weighted by atomic mass is 16.5. The zero-order valence-electron chi connectivity index (χ0n) is 17.9. The van der Waals surface area contributed by atoms with Crippen LogP contribution in [0.2, 0.25) is 0 Å². The van der Waals surface area contributed by atoms with Crippen LogP contribution in [0.25, 0.3) is 0 Å². The van der Waals surface area contributed by atoms with Crippen LogP contribution in [0.1, 0.15) is 60.0 Å². The minimum Gasteiger partial charge on any atom is -0.365 e. The van der Waals surface area contributed by atoms with Gasteiger partial charge in [0.15, 0.2) is 5.69 Å². The van der Waals surface area contributed by atoms with E-state index in [1.54, 1.807) is 6.33 Å². The van der Waals surface area contributed by atoms with Gasteiger partial charge in [0, 0.05) is 32.1 Å². The van der Waals surface area contributed by atoms with Crippen molar-refractivity contribution in [1.29, 1.82) is 0 Å². The van der Waals surface area contributed by atoms with Crippen LogP contribution < -0.4 is 0 Å². The molecule has 0 saturated carbocycles. The van der Waals surface area contributed by atoms with Gasteiger partial charge in [-0.1, -0.05) is 30.3 Å². The van der Waals surface area contributed by atoms with Crippen molar-refractivity contribution in [3.05, 3.63) is 53.6 Å². The van der Waals surface area contributed by atoms with E-state index in [4.69, 9.17) is 4.74 Å². The van der Waals surface area contributed by atoms with Crippen molar-refractivity contribution in [1.82, 2.24) is 19.4 Å². The maximum absolute atomic E-state index is 13.2. The van der Waals surface area contributed by atoms with Gasteiger partial charge in [0.25, 0.3) is 5.91 Å². The fraction of sp³-hybridized carbons (Fsp3) is 0.542. The summed E-state index contributed by atoms with van der Waals surface area (Å²) in [4.78, 5) is 34.3. The molecular weight excluding hydrogens is 392 g/mol. The Morgan fingerprint density at radius 1 is 0.935 bits per heavy atom. The second-order valence-electron chi connectivity index (χ2n) is 8.85. The number of carbonyl (C=O) groups excluding carboxylic acids is 2. The molecule has 0 radical (unpaired) electrons. The van der Waals surface area contributed by atoms with Crippen LogP contribution in [0.5, 0.6) is 0 Å². The zero-order chi connectivity index (χ0) is 21.2. The maximum Gasteiger partial charge on any atom is 0.274 e. The summed E-state index contributed by atoms with van der Waals surface area (Å²) in [5.41, 5.74) is 2.48. The highest BCUT2D eigenvalue weighted by molar-refractivity contribution is 5.93. The van der Waals surface area contributed by atoms with E-state index in [1.165, 1.54) is 6.42 Å². The Labute approximate surface area is 183 Å². The lowest BCUT2D eigenvalue weighted by atomic mass is 9.94. The average molecular weight is 423 g/mol. The summed E-state index contributed by atoms with van der Waals surface area (Å²) in [5, 5.41) is 0. The molecule has 2 fully saturated rings. The lowest BCUT2D eigenvalue weighted by Crippen LogP contribution is -2.46. The van der Waals surface area contributed by atoms with Crippen molar-refractivity contribution in [3.8, 4) is 0 Å². The van der Waals surface area contributed by atoms with Gasteiger partial charge >= 0.3 is 0 Å². The molecular formula is C24H30N4O3. The van der Waals surface area contributed by atoms with Gasteiger partial charge in [0.05, 0.1) is 25.2 Å². The number of rotatable bonds is 3. The number of hydrogen-bond acceptors (Lipinski definition) is 4. The Hall–Kier alpha value is -2.67. The van der Waals surface area contributed by atoms with Crippen LogP contribution in [0.15, 0.2) is 36.7 Å². The SMILES string of the molecule is O=C(c1ncn2c1CO[C@@H](c1ccccc1)C2)N1CCC(C(=O)N2CCCCC2)CC1. The molecule has 2 amide bonds. The molecule has 3 aliphatic rings. The topological polar surface area (TPSA) is 67.7 Å². The maximum atomic E-state index is 13.2. The van der Waals surface area contributed by atoms with Crippen molar-refractivity contribution in [2.75, 3.05) is 26.2 Å². The number of benzene rings is 1. The Balaban J connectivity index is 1.20. The van der Waals surface area contributed by atoms with Gasteiger partial charge in [-0.2, -0.15) is 0 Å². The Bertz CT molecular complexity index is 928. The minimum absolute atomic E-state index is 0.0256. The number of ether oxygens (including phenoxy) is 1. The first-order chi connectivity index (χ1) is 15.2. The predicted molar refractivity (Wildman–Crippen MR) is 115 cm³/mol. The van der Waals surface area contributed by atoms with E-state index in [2.05, 4.69) is 17.1 Å². The summed E-state index contributed by atoms with van der Waals surface area (Å²) < 4.78 is 8.10. The number of imidazole rings is 1. The molecule has 0 bridgehead atoms. The number of fused-ring (bicyclic) bond motifs is 1. The van der Waals surface area contributed by atoms with E-state index in [-0.39, 0.29) is 23.8 Å². The van der Waals surface area contributed by atoms with Crippen LogP contribution in [0, 0.1) is 5.92 Å². The molecule has 1 aromatic carbocycles. The standard InChI is InChI=1S/C24H30N4O3/c29-23(26-11-5-2-6-12-26)19-9-13-27(14-10-19)24(30)22-20-16-31-21(15-28(20)17-25-22)18-7-3-1-4-8-18/h1,3-4,7-8,17,19,21H,2,5-6,9-16H2/t21-/m1/s1. The Kier molecular flexibility index (Phi) is 5.76. The third-order valence-electron chi connectivity index (χ3n) is 6.90. The molecule has 7 nitrogen and oxygen atoms in total. The van der Waals surface area contributed by atoms with Crippen molar-refractivity contribution >= 4 is 11.8 Å². The number of piperidine rings is 2. The summed E-state index contributed by atoms with van der Waals surface area (Å²) in [6, 6.07) is 10.1. The molecule has 1 atom stereocenters. The molecule has 0 unspecified atom stereocenters. The first-order valence-corrected chi connectivity index (χ1v) is 11.5. The van der Waals surface area contributed by atoms with Crippen molar-refractivity contribution in [2.45, 2.75) is 51.4 Å². The number of carbonyl (C=O) groups is 2. The number of hydrogen-bond donors (Lipinski definition) is 0. The van der Waals surface area contributed by atoms with Gasteiger partial charge in [-0.25, -0.2) is 4.98 Å². The number of nitrogens with zero attached hydrogens (tertiary/aromatic N) is 4. The predicted octanol–water partition coefficient (Wildman–Crippen LogP) is 3.02. The molecule has 1 aromatic heterocycles. The number of amides is 2. The molecule has 2 saturated heterocycles. The van der Waals surface area contributed by atoms with Gasteiger partial charge in [-0.15, -0.1) is 0 Å². The largest absolute Gasteiger partial charge is 0.365 e. The van der Waals surface area contributed by atoms with Crippen LogP contribution in [-0.4, -0.2) is 57.3 Å². The van der Waals surface area contributed by atoms with Crippen LogP contribution in [0.3, 0.4) is 0 Å². The second kappa shape index (κ2) is 8.83. The first-order valence-electron chi connectivity index (χ1n) is 11.5. The Morgan fingerprint density at radius 2 is 1.68 bits per heavy atom. The minimum atomic E-state index is -0.0422. The fourth-order valence-electron chi connectivity index (χ4n) is 5.03. The van der Waals surface area contributed by atoms with Crippen molar-refractivity contribution in [3.63, 3.8) is 0 Å². The quantitative estimate of drug-likeness (QED) is 0.763. The number of likely N-dealkylation sites (tertiary alicyclic amines) is 2. The van der Waals surface area contributed by atoms with E-state index in [9.17, 15) is 9.59 Å². The van der Waals surface area contributed by atoms with Crippen LogP contribution >= 0.6 is 0 Å². The third kappa shape index (κ3) is 4.11. The average Bonchev–Trinajstić information content (AvgIpc) is 3.27. The zero-order valence-corrected chi connectivity index (χ0v) is 17.9. The van der Waals surface area contributed by atoms with E-state index in [0.29, 0.717) is 31.9 Å². The lowest BCUT2D eigenvalue weighted by molar-refractivity contribution is -0.137. The molecule has 0 spiro atoms. The smallest absolute Gasteiger partial charge is 0.274 e. The van der Waals surface area contributed by atoms with Crippen molar-refractivity contribution in [2.24, 2.45) is 5.92 Å². The monoisotopic (exact) mass is 422 g/mol. The summed E-state index contributed by atoms with van der Waals surface area (Å²) >= 11 is 0. The van der Waals surface area contributed by atoms with Crippen LogP contribution in [0.4, 0.5) is 0 Å². The number of aromatic nitrogens is 2. The molecule has 31 heavy (non-hydrogen) atoms. The molecule has 2 aromatic rings. The lowest BCUT2D eigenvalue weighted by Gasteiger charge is -2.35. The fourth-order valence-corrected chi connectivity index (χ4v) is 5.03. The molecule has 164 valence electrons. The van der Waals surface area contributed by atoms with E-state index >= 15 is 0 Å². The highest BCUT2D eigenvalue weighted by Crippen LogP contribution is 2.29. The first kappa shape index (κ1) is 20.2. The molecule has 4 heterocycles. The highest BCUT2D eigenvalue weighted by Gasteiger charge is 2.33. The van der Waals surface area contributed by atoms with Crippen molar-refractivity contribution < 1.29 is 14.3 Å². The van der Waals surface area contributed by atoms with Gasteiger partial charge in [-0.3, -0.25) is 9.59 Å². The molecule has 5 rings (SSSR count). The summed E-state index contributed by atoms with van der Waals surface area (Å²) in [5.74, 6) is 0.291. The Morgan fingerprint density at radius 3 is 2.42 bits per heavy atom. The summed E-state index contributed by atoms with van der Waals surface area (Å²) in [6.45, 7) is 4.05. The van der Waals surface area contributed by atoms with Gasteiger partial charge in [0.1, 0.15) is 6.10 Å². The molecule has 0 aliphatic carbocycles. The molecule has 0 N–H and O–H groups in total. The van der Waals surface area contributed by atoms with E-state index < -0.39 is 0 Å². The molecule has 3 aliphatic heterocycles. The van der Waals surface area contributed by atoms with E-state index in [0.717, 1.165) is 50.0 Å². The summed E-state index contributed by atoms with van der Waals surface area (Å²) in [6.07, 6.45) is 6.66. The molecule has 7 heteroatoms. The van der Waals surface area contributed by atoms with E-state index in [1.807, 2.05) is 32.6 Å². The van der Waals surface area contributed by atoms with Gasteiger partial charge < -0.3 is 19.1 Å². The van der Waals surface area contributed by atoms with Gasteiger partial charge in [0.2, 0.25) is 5.91 Å².